The number of aromatic amines is 1. The van der Waals surface area contributed by atoms with Gasteiger partial charge in [0.05, 0.1) is 23.6 Å². The third-order valence-corrected chi connectivity index (χ3v) is 5.74. The number of aryl methyl sites for hydroxylation is 3. The van der Waals surface area contributed by atoms with E-state index >= 15 is 0 Å². The lowest BCUT2D eigenvalue weighted by molar-refractivity contribution is 0.628. The highest BCUT2D eigenvalue weighted by atomic mass is 35.5. The third kappa shape index (κ3) is 7.95. The Hall–Kier alpha value is -2.76. The van der Waals surface area contributed by atoms with E-state index in [9.17, 15) is 4.39 Å². The zero-order valence-corrected chi connectivity index (χ0v) is 20.8. The molecule has 174 valence electrons. The summed E-state index contributed by atoms with van der Waals surface area (Å²) in [6, 6.07) is 6.14. The molecule has 4 N–H and O–H groups in total. The summed E-state index contributed by atoms with van der Waals surface area (Å²) in [6.07, 6.45) is 1.70. The van der Waals surface area contributed by atoms with Gasteiger partial charge in [0, 0.05) is 34.3 Å². The molecule has 0 saturated carbocycles. The number of nitrogens with one attached hydrogen (secondary N) is 4. The van der Waals surface area contributed by atoms with Crippen LogP contribution in [0.5, 0.6) is 0 Å². The Bertz CT molecular complexity index is 1130. The molecule has 0 radical (unpaired) electrons. The van der Waals surface area contributed by atoms with Gasteiger partial charge in [0.1, 0.15) is 5.82 Å². The quantitative estimate of drug-likeness (QED) is 0.159. The Morgan fingerprint density at radius 3 is 2.61 bits per heavy atom. The fourth-order valence-corrected chi connectivity index (χ4v) is 4.01. The molecule has 0 atom stereocenters. The summed E-state index contributed by atoms with van der Waals surface area (Å²) in [7, 11) is 0. The first kappa shape index (κ1) is 24.9. The summed E-state index contributed by atoms with van der Waals surface area (Å²) in [5.74, 6) is 1.88. The highest BCUT2D eigenvalue weighted by Crippen LogP contribution is 2.19. The molecule has 0 bridgehead atoms. The molecule has 0 aliphatic rings. The van der Waals surface area contributed by atoms with Gasteiger partial charge in [-0.3, -0.25) is 10.3 Å². The molecule has 0 spiro atoms. The molecular formula is C21H24ClFN8S2. The van der Waals surface area contributed by atoms with Crippen LogP contribution in [-0.2, 0) is 5.75 Å². The first-order chi connectivity index (χ1) is 15.8. The third-order valence-electron chi connectivity index (χ3n) is 4.30. The van der Waals surface area contributed by atoms with Gasteiger partial charge in [-0.15, -0.1) is 0 Å². The number of benzene rings is 1. The second kappa shape index (κ2) is 11.9. The zero-order chi connectivity index (χ0) is 23.8. The van der Waals surface area contributed by atoms with Crippen LogP contribution in [-0.4, -0.2) is 43.3 Å². The number of imidazole rings is 1. The second-order valence-corrected chi connectivity index (χ2v) is 8.99. The van der Waals surface area contributed by atoms with Crippen molar-refractivity contribution < 1.29 is 4.39 Å². The fraction of sp³-hybridized carbons (Fsp3) is 0.286. The van der Waals surface area contributed by atoms with E-state index in [-0.39, 0.29) is 10.1 Å². The molecule has 33 heavy (non-hydrogen) atoms. The number of nitrogens with zero attached hydrogens (tertiary/aromatic N) is 4. The summed E-state index contributed by atoms with van der Waals surface area (Å²) in [5.41, 5.74) is 4.31. The lowest BCUT2D eigenvalue weighted by atomic mass is 10.3. The maximum Gasteiger partial charge on any atom is 0.229 e. The standard InChI is InChI=1S/C21H24ClFN8S2/c1-12-8-13(2)28-20(27-12)30-19(24-6-7-33-10-18-14(3)25-11-26-18)31-21(32)29-15-4-5-17(23)16(22)9-15/h4-5,8-9,11H,6-7,10H2,1-3H3,(H,25,26)(H3,24,27,28,29,30,31,32). The number of aromatic nitrogens is 4. The van der Waals surface area contributed by atoms with E-state index in [1.54, 1.807) is 24.2 Å². The van der Waals surface area contributed by atoms with Gasteiger partial charge in [-0.25, -0.2) is 19.3 Å². The molecule has 2 heterocycles. The molecule has 0 aliphatic carbocycles. The molecule has 8 nitrogen and oxygen atoms in total. The molecule has 1 aromatic carbocycles. The van der Waals surface area contributed by atoms with Crippen LogP contribution < -0.4 is 16.0 Å². The lowest BCUT2D eigenvalue weighted by Crippen LogP contribution is -2.39. The number of hydrogen-bond acceptors (Lipinski definition) is 6. The zero-order valence-electron chi connectivity index (χ0n) is 18.4. The van der Waals surface area contributed by atoms with Crippen LogP contribution in [0.4, 0.5) is 16.0 Å². The predicted molar refractivity (Wildman–Crippen MR) is 138 cm³/mol. The Labute approximate surface area is 206 Å². The molecule has 0 saturated heterocycles. The number of halogens is 2. The number of guanidine groups is 1. The van der Waals surface area contributed by atoms with Gasteiger partial charge in [0.2, 0.25) is 11.9 Å². The largest absolute Gasteiger partial charge is 0.348 e. The van der Waals surface area contributed by atoms with Crippen LogP contribution in [0.2, 0.25) is 5.02 Å². The van der Waals surface area contributed by atoms with E-state index in [0.29, 0.717) is 24.1 Å². The molecule has 0 fully saturated rings. The van der Waals surface area contributed by atoms with Gasteiger partial charge >= 0.3 is 0 Å². The van der Waals surface area contributed by atoms with Crippen molar-refractivity contribution in [3.05, 3.63) is 64.2 Å². The van der Waals surface area contributed by atoms with Gasteiger partial charge in [-0.05, 0) is 57.3 Å². The van der Waals surface area contributed by atoms with Crippen LogP contribution in [0.15, 0.2) is 35.6 Å². The van der Waals surface area contributed by atoms with Crippen LogP contribution in [0.3, 0.4) is 0 Å². The number of aliphatic imine (C=N–C) groups is 1. The Morgan fingerprint density at radius 2 is 1.94 bits per heavy atom. The summed E-state index contributed by atoms with van der Waals surface area (Å²) >= 11 is 13.0. The Kier molecular flexibility index (Phi) is 8.98. The molecule has 2 aromatic heterocycles. The van der Waals surface area contributed by atoms with E-state index in [1.165, 1.54) is 12.1 Å². The van der Waals surface area contributed by atoms with Crippen LogP contribution in [0, 0.1) is 26.6 Å². The number of rotatable bonds is 7. The number of thiocarbonyl (C=S) groups is 1. The number of hydrogen-bond donors (Lipinski definition) is 4. The number of thioether (sulfide) groups is 1. The minimum Gasteiger partial charge on any atom is -0.348 e. The van der Waals surface area contributed by atoms with E-state index in [4.69, 9.17) is 23.8 Å². The van der Waals surface area contributed by atoms with Crippen molar-refractivity contribution in [3.63, 3.8) is 0 Å². The van der Waals surface area contributed by atoms with Gasteiger partial charge < -0.3 is 15.6 Å². The smallest absolute Gasteiger partial charge is 0.229 e. The summed E-state index contributed by atoms with van der Waals surface area (Å²) in [4.78, 5) is 20.7. The molecule has 0 aliphatic heterocycles. The van der Waals surface area contributed by atoms with Crippen molar-refractivity contribution >= 4 is 58.3 Å². The Balaban J connectivity index is 1.64. The highest BCUT2D eigenvalue weighted by Gasteiger charge is 2.09. The lowest BCUT2D eigenvalue weighted by Gasteiger charge is -2.14. The van der Waals surface area contributed by atoms with Gasteiger partial charge in [-0.1, -0.05) is 11.6 Å². The van der Waals surface area contributed by atoms with Crippen LogP contribution >= 0.6 is 35.6 Å². The monoisotopic (exact) mass is 506 g/mol. The van der Waals surface area contributed by atoms with Crippen molar-refractivity contribution in [2.75, 3.05) is 22.9 Å². The van der Waals surface area contributed by atoms with Gasteiger partial charge in [0.15, 0.2) is 5.11 Å². The number of anilines is 2. The highest BCUT2D eigenvalue weighted by molar-refractivity contribution is 7.98. The van der Waals surface area contributed by atoms with Gasteiger partial charge in [0.25, 0.3) is 0 Å². The van der Waals surface area contributed by atoms with Crippen molar-refractivity contribution in [2.45, 2.75) is 26.5 Å². The van der Waals surface area contributed by atoms with Crippen molar-refractivity contribution in [2.24, 2.45) is 4.99 Å². The molecular weight excluding hydrogens is 483 g/mol. The Morgan fingerprint density at radius 1 is 1.18 bits per heavy atom. The first-order valence-electron chi connectivity index (χ1n) is 10.0. The second-order valence-electron chi connectivity index (χ2n) is 7.06. The van der Waals surface area contributed by atoms with Crippen LogP contribution in [0.1, 0.15) is 22.8 Å². The first-order valence-corrected chi connectivity index (χ1v) is 12.0. The maximum absolute atomic E-state index is 13.4. The minimum absolute atomic E-state index is 0.00243. The van der Waals surface area contributed by atoms with Gasteiger partial charge in [-0.2, -0.15) is 11.8 Å². The van der Waals surface area contributed by atoms with Crippen molar-refractivity contribution in [1.82, 2.24) is 25.3 Å². The summed E-state index contributed by atoms with van der Waals surface area (Å²) < 4.78 is 13.4. The maximum atomic E-state index is 13.4. The topological polar surface area (TPSA) is 103 Å². The predicted octanol–water partition coefficient (Wildman–Crippen LogP) is 4.61. The van der Waals surface area contributed by atoms with Crippen molar-refractivity contribution in [3.8, 4) is 0 Å². The molecule has 0 amide bonds. The molecule has 3 aromatic rings. The normalized spacial score (nSPS) is 11.4. The van der Waals surface area contributed by atoms with Crippen molar-refractivity contribution in [1.29, 1.82) is 0 Å². The minimum atomic E-state index is -0.500. The molecule has 0 unspecified atom stereocenters. The van der Waals surface area contributed by atoms with E-state index in [0.717, 1.165) is 34.3 Å². The van der Waals surface area contributed by atoms with E-state index < -0.39 is 5.82 Å². The molecule has 3 rings (SSSR count). The van der Waals surface area contributed by atoms with E-state index in [1.807, 2.05) is 26.8 Å². The average Bonchev–Trinajstić information content (AvgIpc) is 3.14. The average molecular weight is 507 g/mol. The fourth-order valence-electron chi connectivity index (χ4n) is 2.77. The number of H-pyrrole nitrogens is 1. The van der Waals surface area contributed by atoms with E-state index in [2.05, 4.69) is 40.9 Å². The molecule has 12 heteroatoms. The van der Waals surface area contributed by atoms with Crippen LogP contribution in [0.25, 0.3) is 0 Å². The SMILES string of the molecule is Cc1cc(C)nc(NC(=NCCSCc2nc[nH]c2C)NC(=S)Nc2ccc(F)c(Cl)c2)n1. The summed E-state index contributed by atoms with van der Waals surface area (Å²) in [5, 5.41) is 9.33. The summed E-state index contributed by atoms with van der Waals surface area (Å²) in [6.45, 7) is 6.31.